The van der Waals surface area contributed by atoms with Gasteiger partial charge < -0.3 is 15.3 Å². The summed E-state index contributed by atoms with van der Waals surface area (Å²) in [6.07, 6.45) is -0.0440. The van der Waals surface area contributed by atoms with E-state index in [4.69, 9.17) is 5.11 Å². The standard InChI is InChI=1S/C8H16N2O3/c1-6(2)10(3)8(13)9-5-4-7(11)12/h6H,4-5H2,1-3H3,(H,9,13)(H,11,12). The maximum Gasteiger partial charge on any atom is 0.317 e. The summed E-state index contributed by atoms with van der Waals surface area (Å²) in [6, 6.07) is -0.124. The van der Waals surface area contributed by atoms with Gasteiger partial charge in [0.25, 0.3) is 0 Å². The summed E-state index contributed by atoms with van der Waals surface area (Å²) in [5.41, 5.74) is 0. The van der Waals surface area contributed by atoms with Crippen LogP contribution in [0.1, 0.15) is 20.3 Å². The van der Waals surface area contributed by atoms with Gasteiger partial charge in [0.1, 0.15) is 0 Å². The van der Waals surface area contributed by atoms with Crippen LogP contribution in [0, 0.1) is 0 Å². The lowest BCUT2D eigenvalue weighted by Gasteiger charge is -2.21. The Balaban J connectivity index is 3.68. The number of carbonyl (C=O) groups is 2. The third-order valence-corrected chi connectivity index (χ3v) is 1.71. The van der Waals surface area contributed by atoms with Gasteiger partial charge in [0.15, 0.2) is 0 Å². The van der Waals surface area contributed by atoms with Crippen LogP contribution in [0.5, 0.6) is 0 Å². The Hall–Kier alpha value is -1.26. The first-order valence-electron chi connectivity index (χ1n) is 4.17. The van der Waals surface area contributed by atoms with E-state index in [1.807, 2.05) is 13.8 Å². The summed E-state index contributed by atoms with van der Waals surface area (Å²) < 4.78 is 0. The fourth-order valence-electron chi connectivity index (χ4n) is 0.636. The van der Waals surface area contributed by atoms with Gasteiger partial charge in [-0.3, -0.25) is 4.79 Å². The van der Waals surface area contributed by atoms with Gasteiger partial charge >= 0.3 is 12.0 Å². The van der Waals surface area contributed by atoms with Crippen LogP contribution < -0.4 is 5.32 Å². The van der Waals surface area contributed by atoms with Gasteiger partial charge in [-0.1, -0.05) is 0 Å². The highest BCUT2D eigenvalue weighted by molar-refractivity contribution is 5.75. The summed E-state index contributed by atoms with van der Waals surface area (Å²) >= 11 is 0. The maximum absolute atomic E-state index is 11.2. The van der Waals surface area contributed by atoms with Crippen molar-refractivity contribution in [3.05, 3.63) is 0 Å². The van der Waals surface area contributed by atoms with E-state index in [0.29, 0.717) is 0 Å². The number of carbonyl (C=O) groups excluding carboxylic acids is 1. The summed E-state index contributed by atoms with van der Waals surface area (Å²) in [5, 5.41) is 10.8. The first-order valence-corrected chi connectivity index (χ1v) is 4.17. The molecule has 0 aromatic carbocycles. The van der Waals surface area contributed by atoms with Crippen LogP contribution in [0.4, 0.5) is 4.79 Å². The van der Waals surface area contributed by atoms with Crippen LogP contribution >= 0.6 is 0 Å². The Kier molecular flexibility index (Phi) is 4.87. The maximum atomic E-state index is 11.2. The molecular weight excluding hydrogens is 172 g/mol. The molecule has 0 aromatic heterocycles. The lowest BCUT2D eigenvalue weighted by molar-refractivity contribution is -0.136. The zero-order chi connectivity index (χ0) is 10.4. The van der Waals surface area contributed by atoms with Gasteiger partial charge in [-0.2, -0.15) is 0 Å². The lowest BCUT2D eigenvalue weighted by Crippen LogP contribution is -2.41. The Morgan fingerprint density at radius 3 is 2.38 bits per heavy atom. The van der Waals surface area contributed by atoms with Crippen LogP contribution in [0.2, 0.25) is 0 Å². The molecule has 0 saturated heterocycles. The second-order valence-electron chi connectivity index (χ2n) is 3.08. The van der Waals surface area contributed by atoms with Gasteiger partial charge in [-0.05, 0) is 13.8 Å². The van der Waals surface area contributed by atoms with Crippen molar-refractivity contribution in [2.75, 3.05) is 13.6 Å². The molecule has 0 aliphatic rings. The van der Waals surface area contributed by atoms with Crippen molar-refractivity contribution in [1.29, 1.82) is 0 Å². The smallest absolute Gasteiger partial charge is 0.317 e. The van der Waals surface area contributed by atoms with Crippen molar-refractivity contribution in [3.63, 3.8) is 0 Å². The van der Waals surface area contributed by atoms with E-state index in [-0.39, 0.29) is 25.0 Å². The highest BCUT2D eigenvalue weighted by atomic mass is 16.4. The average molecular weight is 188 g/mol. The SMILES string of the molecule is CC(C)N(C)C(=O)NCCC(=O)O. The van der Waals surface area contributed by atoms with E-state index in [0.717, 1.165) is 0 Å². The first-order chi connectivity index (χ1) is 5.95. The Morgan fingerprint density at radius 2 is 2.00 bits per heavy atom. The summed E-state index contributed by atoms with van der Waals surface area (Å²) in [5.74, 6) is -0.910. The third-order valence-electron chi connectivity index (χ3n) is 1.71. The number of carboxylic acids is 1. The van der Waals surface area contributed by atoms with Crippen molar-refractivity contribution in [2.24, 2.45) is 0 Å². The molecule has 0 aromatic rings. The highest BCUT2D eigenvalue weighted by Gasteiger charge is 2.10. The largest absolute Gasteiger partial charge is 0.481 e. The molecule has 0 aliphatic carbocycles. The molecule has 76 valence electrons. The molecule has 2 N–H and O–H groups in total. The molecule has 2 amide bonds. The molecule has 5 nitrogen and oxygen atoms in total. The van der Waals surface area contributed by atoms with E-state index in [9.17, 15) is 9.59 Å². The molecule has 0 aliphatic heterocycles. The van der Waals surface area contributed by atoms with Crippen LogP contribution in [-0.4, -0.2) is 41.6 Å². The number of nitrogens with zero attached hydrogens (tertiary/aromatic N) is 1. The summed E-state index contributed by atoms with van der Waals surface area (Å²) in [6.45, 7) is 3.94. The minimum absolute atomic E-state index is 0.0440. The van der Waals surface area contributed by atoms with Crippen molar-refractivity contribution in [2.45, 2.75) is 26.3 Å². The number of aliphatic carboxylic acids is 1. The molecule has 0 spiro atoms. The fourth-order valence-corrected chi connectivity index (χ4v) is 0.636. The quantitative estimate of drug-likeness (QED) is 0.675. The van der Waals surface area contributed by atoms with Gasteiger partial charge in [0.05, 0.1) is 6.42 Å². The number of urea groups is 1. The second kappa shape index (κ2) is 5.40. The second-order valence-corrected chi connectivity index (χ2v) is 3.08. The van der Waals surface area contributed by atoms with E-state index >= 15 is 0 Å². The molecule has 13 heavy (non-hydrogen) atoms. The molecule has 0 atom stereocenters. The topological polar surface area (TPSA) is 69.6 Å². The summed E-state index contributed by atoms with van der Waals surface area (Å²) in [4.78, 5) is 22.8. The number of hydrogen-bond donors (Lipinski definition) is 2. The number of amides is 2. The Morgan fingerprint density at radius 1 is 1.46 bits per heavy atom. The van der Waals surface area contributed by atoms with E-state index < -0.39 is 5.97 Å². The predicted molar refractivity (Wildman–Crippen MR) is 48.6 cm³/mol. The zero-order valence-electron chi connectivity index (χ0n) is 8.20. The van der Waals surface area contributed by atoms with E-state index in [1.165, 1.54) is 4.90 Å². The average Bonchev–Trinajstić information content (AvgIpc) is 2.02. The van der Waals surface area contributed by atoms with Crippen molar-refractivity contribution in [1.82, 2.24) is 10.2 Å². The van der Waals surface area contributed by atoms with Crippen LogP contribution in [0.3, 0.4) is 0 Å². The van der Waals surface area contributed by atoms with Crippen molar-refractivity contribution >= 4 is 12.0 Å². The number of hydrogen-bond acceptors (Lipinski definition) is 2. The Labute approximate surface area is 77.7 Å². The van der Waals surface area contributed by atoms with Gasteiger partial charge in [0.2, 0.25) is 0 Å². The number of carboxylic acid groups (broad SMARTS) is 1. The van der Waals surface area contributed by atoms with Crippen LogP contribution in [0.25, 0.3) is 0 Å². The molecule has 0 saturated carbocycles. The van der Waals surface area contributed by atoms with Gasteiger partial charge in [0, 0.05) is 19.6 Å². The lowest BCUT2D eigenvalue weighted by atomic mass is 10.3. The summed E-state index contributed by atoms with van der Waals surface area (Å²) in [7, 11) is 1.67. The minimum Gasteiger partial charge on any atom is -0.481 e. The monoisotopic (exact) mass is 188 g/mol. The van der Waals surface area contributed by atoms with Gasteiger partial charge in [-0.15, -0.1) is 0 Å². The molecule has 0 fully saturated rings. The Bertz CT molecular complexity index is 192. The molecule has 0 heterocycles. The zero-order valence-corrected chi connectivity index (χ0v) is 8.20. The third kappa shape index (κ3) is 5.05. The van der Waals surface area contributed by atoms with Crippen molar-refractivity contribution in [3.8, 4) is 0 Å². The normalized spacial score (nSPS) is 9.85. The molecule has 0 radical (unpaired) electrons. The minimum atomic E-state index is -0.910. The van der Waals surface area contributed by atoms with E-state index in [1.54, 1.807) is 7.05 Å². The molecule has 0 bridgehead atoms. The van der Waals surface area contributed by atoms with Crippen molar-refractivity contribution < 1.29 is 14.7 Å². The predicted octanol–water partition coefficient (Wildman–Crippen LogP) is 0.511. The van der Waals surface area contributed by atoms with E-state index in [2.05, 4.69) is 5.32 Å². The molecule has 0 unspecified atom stereocenters. The molecule has 5 heteroatoms. The number of nitrogens with one attached hydrogen (secondary N) is 1. The molecule has 0 rings (SSSR count). The van der Waals surface area contributed by atoms with Crippen LogP contribution in [0.15, 0.2) is 0 Å². The highest BCUT2D eigenvalue weighted by Crippen LogP contribution is 1.93. The fraction of sp³-hybridized carbons (Fsp3) is 0.750. The first kappa shape index (κ1) is 11.7. The van der Waals surface area contributed by atoms with Gasteiger partial charge in [-0.25, -0.2) is 4.79 Å². The molecular formula is C8H16N2O3. The number of rotatable bonds is 4. The van der Waals surface area contributed by atoms with Crippen LogP contribution in [-0.2, 0) is 4.79 Å².